The van der Waals surface area contributed by atoms with Crippen LogP contribution in [-0.2, 0) is 4.79 Å². The molecule has 2 fully saturated rings. The third-order valence-electron chi connectivity index (χ3n) is 2.92. The molecule has 0 N–H and O–H groups in total. The number of piperidine rings is 1. The highest BCUT2D eigenvalue weighted by Crippen LogP contribution is 2.29. The van der Waals surface area contributed by atoms with Gasteiger partial charge < -0.3 is 4.90 Å². The largest absolute Gasteiger partial charge is 0.377 e. The van der Waals surface area contributed by atoms with Gasteiger partial charge in [-0.2, -0.15) is 0 Å². The zero-order valence-corrected chi connectivity index (χ0v) is 11.5. The van der Waals surface area contributed by atoms with Crippen molar-refractivity contribution >= 4 is 34.2 Å². The number of thiocarbonyl (C=S) groups is 1. The summed E-state index contributed by atoms with van der Waals surface area (Å²) in [6.07, 6.45) is 9.74. The molecule has 2 saturated heterocycles. The lowest BCUT2D eigenvalue weighted by molar-refractivity contribution is -0.121. The average Bonchev–Trinajstić information content (AvgIpc) is 2.59. The van der Waals surface area contributed by atoms with Gasteiger partial charge in [0.2, 0.25) is 0 Å². The van der Waals surface area contributed by atoms with E-state index < -0.39 is 0 Å². The number of rotatable bonds is 2. The number of amides is 1. The summed E-state index contributed by atoms with van der Waals surface area (Å²) >= 11 is 6.43. The van der Waals surface area contributed by atoms with Gasteiger partial charge in [0.25, 0.3) is 5.91 Å². The van der Waals surface area contributed by atoms with Gasteiger partial charge in [-0.15, -0.1) is 0 Å². The summed E-state index contributed by atoms with van der Waals surface area (Å²) in [6, 6.07) is 0. The van der Waals surface area contributed by atoms with Crippen LogP contribution in [0.25, 0.3) is 0 Å². The van der Waals surface area contributed by atoms with Gasteiger partial charge >= 0.3 is 0 Å². The fraction of sp³-hybridized carbons (Fsp3) is 0.500. The van der Waals surface area contributed by atoms with Crippen LogP contribution in [0.3, 0.4) is 0 Å². The highest BCUT2D eigenvalue weighted by atomic mass is 32.2. The quantitative estimate of drug-likeness (QED) is 0.566. The third kappa shape index (κ3) is 3.10. The van der Waals surface area contributed by atoms with Crippen LogP contribution in [-0.4, -0.2) is 40.2 Å². The Morgan fingerprint density at radius 1 is 1.29 bits per heavy atom. The van der Waals surface area contributed by atoms with Crippen molar-refractivity contribution in [2.75, 3.05) is 20.1 Å². The highest BCUT2D eigenvalue weighted by Gasteiger charge is 2.27. The lowest BCUT2D eigenvalue weighted by atomic mass is 10.1. The Kier molecular flexibility index (Phi) is 4.23. The SMILES string of the molecule is CN1C(=O)/C(=C\C=C\N2CCCCC2)SC1=S. The van der Waals surface area contributed by atoms with Crippen LogP contribution < -0.4 is 0 Å². The molecule has 1 amide bonds. The molecule has 0 saturated carbocycles. The first kappa shape index (κ1) is 12.6. The van der Waals surface area contributed by atoms with E-state index in [0.29, 0.717) is 9.23 Å². The summed E-state index contributed by atoms with van der Waals surface area (Å²) in [7, 11) is 1.72. The molecule has 2 rings (SSSR count). The first-order valence-corrected chi connectivity index (χ1v) is 7.03. The van der Waals surface area contributed by atoms with Crippen molar-refractivity contribution in [3.05, 3.63) is 23.3 Å². The van der Waals surface area contributed by atoms with E-state index in [2.05, 4.69) is 11.1 Å². The van der Waals surface area contributed by atoms with Gasteiger partial charge in [-0.1, -0.05) is 24.0 Å². The molecule has 0 aliphatic carbocycles. The monoisotopic (exact) mass is 268 g/mol. The summed E-state index contributed by atoms with van der Waals surface area (Å²) < 4.78 is 0.632. The predicted molar refractivity (Wildman–Crippen MR) is 75.6 cm³/mol. The van der Waals surface area contributed by atoms with Gasteiger partial charge in [-0.05, 0) is 37.6 Å². The summed E-state index contributed by atoms with van der Waals surface area (Å²) in [5.41, 5.74) is 0. The lowest BCUT2D eigenvalue weighted by Gasteiger charge is -2.24. The number of allylic oxidation sites excluding steroid dienone is 2. The average molecular weight is 268 g/mol. The maximum atomic E-state index is 11.7. The van der Waals surface area contributed by atoms with Crippen LogP contribution in [0.15, 0.2) is 23.3 Å². The van der Waals surface area contributed by atoms with E-state index in [9.17, 15) is 4.79 Å². The number of hydrogen-bond donors (Lipinski definition) is 0. The normalized spacial score (nSPS) is 24.4. The number of thioether (sulfide) groups is 1. The predicted octanol–water partition coefficient (Wildman–Crippen LogP) is 2.36. The van der Waals surface area contributed by atoms with Crippen LogP contribution >= 0.6 is 24.0 Å². The minimum Gasteiger partial charge on any atom is -0.377 e. The Hall–Kier alpha value is -0.810. The van der Waals surface area contributed by atoms with E-state index in [4.69, 9.17) is 12.2 Å². The molecule has 17 heavy (non-hydrogen) atoms. The van der Waals surface area contributed by atoms with E-state index in [1.165, 1.54) is 35.9 Å². The van der Waals surface area contributed by atoms with Crippen molar-refractivity contribution < 1.29 is 4.79 Å². The number of hydrogen-bond acceptors (Lipinski definition) is 4. The van der Waals surface area contributed by atoms with Gasteiger partial charge in [0.1, 0.15) is 4.32 Å². The summed E-state index contributed by atoms with van der Waals surface area (Å²) in [4.78, 5) is 16.2. The third-order valence-corrected chi connectivity index (χ3v) is 4.42. The maximum Gasteiger partial charge on any atom is 0.265 e. The Balaban J connectivity index is 1.94. The highest BCUT2D eigenvalue weighted by molar-refractivity contribution is 8.26. The molecule has 0 atom stereocenters. The topological polar surface area (TPSA) is 23.6 Å². The molecule has 0 unspecified atom stereocenters. The van der Waals surface area contributed by atoms with Crippen molar-refractivity contribution in [3.63, 3.8) is 0 Å². The second-order valence-corrected chi connectivity index (χ2v) is 5.88. The van der Waals surface area contributed by atoms with E-state index in [-0.39, 0.29) is 5.91 Å². The minimum absolute atomic E-state index is 0.00305. The maximum absolute atomic E-state index is 11.7. The molecular weight excluding hydrogens is 252 g/mol. The molecule has 2 aliphatic heterocycles. The number of likely N-dealkylation sites (tertiary alicyclic amines) is 1. The van der Waals surface area contributed by atoms with Crippen LogP contribution in [0.5, 0.6) is 0 Å². The minimum atomic E-state index is 0.00305. The van der Waals surface area contributed by atoms with Crippen LogP contribution in [0.2, 0.25) is 0 Å². The van der Waals surface area contributed by atoms with Gasteiger partial charge in [-0.25, -0.2) is 0 Å². The summed E-state index contributed by atoms with van der Waals surface area (Å²) in [5, 5.41) is 0. The van der Waals surface area contributed by atoms with Crippen molar-refractivity contribution in [1.29, 1.82) is 0 Å². The molecule has 2 heterocycles. The molecule has 5 heteroatoms. The van der Waals surface area contributed by atoms with E-state index in [1.807, 2.05) is 12.2 Å². The zero-order chi connectivity index (χ0) is 12.3. The van der Waals surface area contributed by atoms with E-state index in [0.717, 1.165) is 13.1 Å². The number of carbonyl (C=O) groups is 1. The lowest BCUT2D eigenvalue weighted by Crippen LogP contribution is -2.24. The van der Waals surface area contributed by atoms with E-state index >= 15 is 0 Å². The van der Waals surface area contributed by atoms with Crippen molar-refractivity contribution in [2.45, 2.75) is 19.3 Å². The van der Waals surface area contributed by atoms with Gasteiger partial charge in [0, 0.05) is 20.1 Å². The summed E-state index contributed by atoms with van der Waals surface area (Å²) in [5.74, 6) is 0.00305. The van der Waals surface area contributed by atoms with E-state index in [1.54, 1.807) is 7.05 Å². The molecular formula is C12H16N2OS2. The molecule has 0 aromatic heterocycles. The second-order valence-electron chi connectivity index (χ2n) is 4.20. The van der Waals surface area contributed by atoms with Gasteiger partial charge in [0.15, 0.2) is 0 Å². The Bertz CT molecular complexity index is 384. The molecule has 0 radical (unpaired) electrons. The molecule has 3 nitrogen and oxygen atoms in total. The van der Waals surface area contributed by atoms with Crippen LogP contribution in [0.1, 0.15) is 19.3 Å². The van der Waals surface area contributed by atoms with Crippen molar-refractivity contribution in [3.8, 4) is 0 Å². The first-order chi connectivity index (χ1) is 8.18. The number of likely N-dealkylation sites (N-methyl/N-ethyl adjacent to an activating group) is 1. The molecule has 92 valence electrons. The first-order valence-electron chi connectivity index (χ1n) is 5.81. The van der Waals surface area contributed by atoms with Crippen LogP contribution in [0, 0.1) is 0 Å². The fourth-order valence-electron chi connectivity index (χ4n) is 1.88. The Morgan fingerprint density at radius 3 is 2.59 bits per heavy atom. The van der Waals surface area contributed by atoms with Crippen molar-refractivity contribution in [2.24, 2.45) is 0 Å². The van der Waals surface area contributed by atoms with Crippen molar-refractivity contribution in [1.82, 2.24) is 9.80 Å². The molecule has 2 aliphatic rings. The Morgan fingerprint density at radius 2 is 2.00 bits per heavy atom. The smallest absolute Gasteiger partial charge is 0.265 e. The second kappa shape index (κ2) is 5.69. The molecule has 0 spiro atoms. The molecule has 0 aromatic carbocycles. The standard InChI is InChI=1S/C12H16N2OS2/c1-13-11(15)10(17-12(13)16)6-5-9-14-7-3-2-4-8-14/h5-6,9H,2-4,7-8H2,1H3/b9-5+,10-6+. The Labute approximate surface area is 112 Å². The summed E-state index contributed by atoms with van der Waals surface area (Å²) in [6.45, 7) is 2.25. The van der Waals surface area contributed by atoms with Gasteiger partial charge in [0.05, 0.1) is 4.91 Å². The number of carbonyl (C=O) groups excluding carboxylic acids is 1. The zero-order valence-electron chi connectivity index (χ0n) is 9.89. The number of nitrogens with zero attached hydrogens (tertiary/aromatic N) is 2. The molecule has 0 aromatic rings. The van der Waals surface area contributed by atoms with Crippen LogP contribution in [0.4, 0.5) is 0 Å². The fourth-order valence-corrected chi connectivity index (χ4v) is 3.01. The van der Waals surface area contributed by atoms with Gasteiger partial charge in [-0.3, -0.25) is 9.69 Å². The molecule has 0 bridgehead atoms.